The first-order valence-electron chi connectivity index (χ1n) is 5.38. The molecule has 0 bridgehead atoms. The van der Waals surface area contributed by atoms with Crippen molar-refractivity contribution in [1.82, 2.24) is 4.98 Å². The van der Waals surface area contributed by atoms with Gasteiger partial charge in [0.2, 0.25) is 0 Å². The highest BCUT2D eigenvalue weighted by atomic mass is 127. The van der Waals surface area contributed by atoms with Crippen molar-refractivity contribution in [3.8, 4) is 0 Å². The number of hydrogen-bond donors (Lipinski definition) is 1. The summed E-state index contributed by atoms with van der Waals surface area (Å²) in [7, 11) is 0. The Morgan fingerprint density at radius 3 is 2.56 bits per heavy atom. The van der Waals surface area contributed by atoms with Gasteiger partial charge in [-0.3, -0.25) is 0 Å². The quantitative estimate of drug-likeness (QED) is 0.805. The van der Waals surface area contributed by atoms with E-state index in [0.717, 1.165) is 14.7 Å². The summed E-state index contributed by atoms with van der Waals surface area (Å²) in [6.45, 7) is 0. The van der Waals surface area contributed by atoms with E-state index in [2.05, 4.69) is 37.6 Å². The van der Waals surface area contributed by atoms with Crippen LogP contribution in [0, 0.1) is 3.57 Å². The van der Waals surface area contributed by atoms with Gasteiger partial charge < -0.3 is 5.73 Å². The molecule has 5 heteroatoms. The molecular weight excluding hydrogens is 339 g/mol. The van der Waals surface area contributed by atoms with Crippen molar-refractivity contribution in [2.24, 2.45) is 15.7 Å². The lowest BCUT2D eigenvalue weighted by Crippen LogP contribution is -2.09. The predicted octanol–water partition coefficient (Wildman–Crippen LogP) is 2.48. The van der Waals surface area contributed by atoms with Crippen LogP contribution in [0.3, 0.4) is 0 Å². The average Bonchev–Trinajstić information content (AvgIpc) is 2.70. The van der Waals surface area contributed by atoms with E-state index >= 15 is 0 Å². The van der Waals surface area contributed by atoms with Gasteiger partial charge in [0.15, 0.2) is 11.7 Å². The summed E-state index contributed by atoms with van der Waals surface area (Å²) in [5, 5.41) is 0. The average molecular weight is 348 g/mol. The molecule has 0 spiro atoms. The molecular formula is C13H9IN4. The molecule has 1 aromatic carbocycles. The van der Waals surface area contributed by atoms with Gasteiger partial charge in [0, 0.05) is 20.9 Å². The Hall–Kier alpha value is -1.76. The van der Waals surface area contributed by atoms with Gasteiger partial charge in [0.1, 0.15) is 5.84 Å². The second kappa shape index (κ2) is 4.49. The minimum absolute atomic E-state index is 0.509. The van der Waals surface area contributed by atoms with Gasteiger partial charge in [-0.2, -0.15) is 0 Å². The molecule has 0 unspecified atom stereocenters. The number of halogens is 1. The maximum absolute atomic E-state index is 5.86. The normalized spacial score (nSPS) is 15.6. The molecule has 0 atom stereocenters. The number of rotatable bonds is 1. The minimum Gasteiger partial charge on any atom is -0.383 e. The van der Waals surface area contributed by atoms with E-state index in [9.17, 15) is 0 Å². The first-order valence-corrected chi connectivity index (χ1v) is 6.46. The van der Waals surface area contributed by atoms with Gasteiger partial charge in [-0.05, 0) is 34.7 Å². The van der Waals surface area contributed by atoms with E-state index in [0.29, 0.717) is 17.5 Å². The van der Waals surface area contributed by atoms with Gasteiger partial charge in [-0.1, -0.05) is 24.3 Å². The monoisotopic (exact) mass is 348 g/mol. The summed E-state index contributed by atoms with van der Waals surface area (Å²) in [6.07, 6.45) is 1.77. The first-order chi connectivity index (χ1) is 8.74. The smallest absolute Gasteiger partial charge is 0.164 e. The molecule has 3 rings (SSSR count). The summed E-state index contributed by atoms with van der Waals surface area (Å²) in [6, 6.07) is 11.6. The molecule has 1 aliphatic rings. The van der Waals surface area contributed by atoms with Crippen molar-refractivity contribution in [3.63, 3.8) is 0 Å². The second-order valence-electron chi connectivity index (χ2n) is 3.81. The molecule has 0 saturated carbocycles. The van der Waals surface area contributed by atoms with E-state index in [1.54, 1.807) is 6.20 Å². The molecule has 0 aliphatic carbocycles. The zero-order valence-corrected chi connectivity index (χ0v) is 11.5. The number of pyridine rings is 1. The maximum Gasteiger partial charge on any atom is 0.164 e. The van der Waals surface area contributed by atoms with Crippen molar-refractivity contribution < 1.29 is 0 Å². The number of nitrogens with two attached hydrogens (primary N) is 1. The van der Waals surface area contributed by atoms with Crippen LogP contribution >= 0.6 is 22.6 Å². The Balaban J connectivity index is 2.07. The van der Waals surface area contributed by atoms with Crippen LogP contribution in [0.5, 0.6) is 0 Å². The lowest BCUT2D eigenvalue weighted by atomic mass is 10.1. The van der Waals surface area contributed by atoms with Crippen LogP contribution < -0.4 is 5.73 Å². The topological polar surface area (TPSA) is 63.6 Å². The van der Waals surface area contributed by atoms with E-state index in [1.807, 2.05) is 36.4 Å². The summed E-state index contributed by atoms with van der Waals surface area (Å²) >= 11 is 2.21. The van der Waals surface area contributed by atoms with Gasteiger partial charge in [-0.15, -0.1) is 0 Å². The number of fused-ring (bicyclic) bond motifs is 1. The third kappa shape index (κ3) is 2.01. The van der Waals surface area contributed by atoms with E-state index in [-0.39, 0.29) is 0 Å². The van der Waals surface area contributed by atoms with Crippen molar-refractivity contribution >= 4 is 40.1 Å². The second-order valence-corrected chi connectivity index (χ2v) is 5.06. The van der Waals surface area contributed by atoms with Gasteiger partial charge in [0.05, 0.1) is 0 Å². The summed E-state index contributed by atoms with van der Waals surface area (Å²) in [5.74, 6) is 1.77. The summed E-state index contributed by atoms with van der Waals surface area (Å²) < 4.78 is 1.08. The Kier molecular flexibility index (Phi) is 2.83. The lowest BCUT2D eigenvalue weighted by Gasteiger charge is -1.98. The molecule has 4 nitrogen and oxygen atoms in total. The zero-order valence-electron chi connectivity index (χ0n) is 9.34. The minimum atomic E-state index is 0.509. The molecule has 0 saturated heterocycles. The molecule has 88 valence electrons. The Labute approximate surface area is 118 Å². The van der Waals surface area contributed by atoms with E-state index in [4.69, 9.17) is 5.73 Å². The van der Waals surface area contributed by atoms with Crippen molar-refractivity contribution in [2.45, 2.75) is 0 Å². The summed E-state index contributed by atoms with van der Waals surface area (Å²) in [4.78, 5) is 12.9. The van der Waals surface area contributed by atoms with E-state index < -0.39 is 0 Å². The SMILES string of the molecule is NC1=NC(=Nc2ccc(I)cn2)c2ccccc21. The Morgan fingerprint density at radius 2 is 1.83 bits per heavy atom. The molecule has 2 aromatic rings. The molecule has 1 aliphatic heterocycles. The van der Waals surface area contributed by atoms with Crippen LogP contribution in [0.25, 0.3) is 0 Å². The highest BCUT2D eigenvalue weighted by Crippen LogP contribution is 2.20. The number of aromatic nitrogens is 1. The van der Waals surface area contributed by atoms with Crippen molar-refractivity contribution in [1.29, 1.82) is 0 Å². The fourth-order valence-electron chi connectivity index (χ4n) is 1.76. The highest BCUT2D eigenvalue weighted by molar-refractivity contribution is 14.1. The van der Waals surface area contributed by atoms with Gasteiger partial charge in [0.25, 0.3) is 0 Å². The number of hydrogen-bond acceptors (Lipinski definition) is 3. The summed E-state index contributed by atoms with van der Waals surface area (Å²) in [5.41, 5.74) is 7.75. The molecule has 2 heterocycles. The number of aliphatic imine (C=N–C) groups is 2. The van der Waals surface area contributed by atoms with Crippen LogP contribution in [0.15, 0.2) is 52.6 Å². The van der Waals surface area contributed by atoms with Crippen LogP contribution in [-0.2, 0) is 0 Å². The van der Waals surface area contributed by atoms with Gasteiger partial charge in [-0.25, -0.2) is 15.0 Å². The van der Waals surface area contributed by atoms with Crippen LogP contribution in [0.4, 0.5) is 5.82 Å². The Morgan fingerprint density at radius 1 is 1.06 bits per heavy atom. The Bertz CT molecular complexity index is 659. The highest BCUT2D eigenvalue weighted by Gasteiger charge is 2.18. The number of nitrogens with zero attached hydrogens (tertiary/aromatic N) is 3. The number of amidine groups is 2. The predicted molar refractivity (Wildman–Crippen MR) is 80.3 cm³/mol. The first kappa shape index (κ1) is 11.3. The van der Waals surface area contributed by atoms with Crippen molar-refractivity contribution in [3.05, 3.63) is 57.3 Å². The van der Waals surface area contributed by atoms with Crippen LogP contribution in [-0.4, -0.2) is 16.7 Å². The maximum atomic E-state index is 5.86. The molecule has 0 radical (unpaired) electrons. The van der Waals surface area contributed by atoms with Crippen molar-refractivity contribution in [2.75, 3.05) is 0 Å². The molecule has 0 amide bonds. The van der Waals surface area contributed by atoms with Crippen LogP contribution in [0.1, 0.15) is 11.1 Å². The van der Waals surface area contributed by atoms with Gasteiger partial charge >= 0.3 is 0 Å². The largest absolute Gasteiger partial charge is 0.383 e. The molecule has 2 N–H and O–H groups in total. The van der Waals surface area contributed by atoms with Crippen LogP contribution in [0.2, 0.25) is 0 Å². The molecule has 18 heavy (non-hydrogen) atoms. The fourth-order valence-corrected chi connectivity index (χ4v) is 2.08. The zero-order chi connectivity index (χ0) is 12.5. The third-order valence-corrected chi connectivity index (χ3v) is 3.24. The standard InChI is InChI=1S/C13H9IN4/c14-8-5-6-11(16-7-8)17-13-10-4-2-1-3-9(10)12(15)18-13/h1-7H,(H2,15,16,17,18). The number of benzene rings is 1. The van der Waals surface area contributed by atoms with E-state index in [1.165, 1.54) is 0 Å². The lowest BCUT2D eigenvalue weighted by molar-refractivity contribution is 1.25. The molecule has 1 aromatic heterocycles. The molecule has 0 fully saturated rings. The third-order valence-electron chi connectivity index (χ3n) is 2.60. The fraction of sp³-hybridized carbons (Fsp3) is 0.